The highest BCUT2D eigenvalue weighted by Gasteiger charge is 2.33. The van der Waals surface area contributed by atoms with Crippen LogP contribution in [0.15, 0.2) is 12.1 Å². The molecule has 0 aliphatic carbocycles. The Labute approximate surface area is 97.5 Å². The second-order valence-corrected chi connectivity index (χ2v) is 4.64. The molecule has 6 nitrogen and oxygen atoms in total. The predicted molar refractivity (Wildman–Crippen MR) is 60.0 cm³/mol. The molecular formula is C11H12N2O4. The van der Waals surface area contributed by atoms with Gasteiger partial charge in [-0.1, -0.05) is 0 Å². The minimum atomic E-state index is -0.826. The lowest BCUT2D eigenvalue weighted by Gasteiger charge is -2.16. The first-order chi connectivity index (χ1) is 7.80. The zero-order chi connectivity index (χ0) is 12.8. The summed E-state index contributed by atoms with van der Waals surface area (Å²) in [4.78, 5) is 21.4. The zero-order valence-corrected chi connectivity index (χ0v) is 9.52. The molecule has 0 bridgehead atoms. The molecule has 0 radical (unpaired) electrons. The number of carbonyl (C=O) groups is 1. The van der Waals surface area contributed by atoms with Crippen LogP contribution in [-0.2, 0) is 6.42 Å². The molecule has 0 saturated heterocycles. The molecule has 0 fully saturated rings. The summed E-state index contributed by atoms with van der Waals surface area (Å²) in [7, 11) is 0. The predicted octanol–water partition coefficient (Wildman–Crippen LogP) is 1.41. The van der Waals surface area contributed by atoms with Crippen LogP contribution in [-0.4, -0.2) is 16.4 Å². The Morgan fingerprint density at radius 1 is 1.53 bits per heavy atom. The fourth-order valence-corrected chi connectivity index (χ4v) is 1.99. The Balaban J connectivity index is 2.58. The van der Waals surface area contributed by atoms with E-state index >= 15 is 0 Å². The normalized spacial score (nSPS) is 16.1. The molecule has 0 spiro atoms. The first-order valence-corrected chi connectivity index (χ1v) is 5.10. The van der Waals surface area contributed by atoms with Crippen LogP contribution < -0.4 is 10.5 Å². The van der Waals surface area contributed by atoms with Crippen molar-refractivity contribution in [1.29, 1.82) is 0 Å². The maximum Gasteiger partial charge on any atom is 0.282 e. The van der Waals surface area contributed by atoms with E-state index in [0.29, 0.717) is 12.2 Å². The minimum Gasteiger partial charge on any atom is -0.487 e. The molecule has 90 valence electrons. The molecule has 0 saturated carbocycles. The maximum absolute atomic E-state index is 11.1. The molecule has 6 heteroatoms. The molecular weight excluding hydrogens is 224 g/mol. The average molecular weight is 236 g/mol. The maximum atomic E-state index is 11.1. The van der Waals surface area contributed by atoms with Gasteiger partial charge in [-0.25, -0.2) is 0 Å². The summed E-state index contributed by atoms with van der Waals surface area (Å²) >= 11 is 0. The van der Waals surface area contributed by atoms with Crippen LogP contribution in [0, 0.1) is 10.1 Å². The third kappa shape index (κ3) is 1.93. The van der Waals surface area contributed by atoms with E-state index in [9.17, 15) is 14.9 Å². The summed E-state index contributed by atoms with van der Waals surface area (Å²) in [6.45, 7) is 3.76. The van der Waals surface area contributed by atoms with Crippen LogP contribution in [0.25, 0.3) is 0 Å². The van der Waals surface area contributed by atoms with Gasteiger partial charge >= 0.3 is 0 Å². The van der Waals surface area contributed by atoms with Crippen molar-refractivity contribution in [1.82, 2.24) is 0 Å². The summed E-state index contributed by atoms with van der Waals surface area (Å²) in [5, 5.41) is 10.8. The number of amides is 1. The van der Waals surface area contributed by atoms with Gasteiger partial charge in [0, 0.05) is 24.1 Å². The fourth-order valence-electron chi connectivity index (χ4n) is 1.99. The van der Waals surface area contributed by atoms with E-state index in [-0.39, 0.29) is 11.3 Å². The third-order valence-corrected chi connectivity index (χ3v) is 2.64. The van der Waals surface area contributed by atoms with Gasteiger partial charge < -0.3 is 10.5 Å². The number of nitrogens with zero attached hydrogens (tertiary/aromatic N) is 1. The van der Waals surface area contributed by atoms with Crippen molar-refractivity contribution >= 4 is 11.6 Å². The molecule has 0 unspecified atom stereocenters. The van der Waals surface area contributed by atoms with Crippen molar-refractivity contribution in [3.05, 3.63) is 33.4 Å². The van der Waals surface area contributed by atoms with Gasteiger partial charge in [0.25, 0.3) is 11.6 Å². The Kier molecular flexibility index (Phi) is 2.30. The number of nitrogens with two attached hydrogens (primary N) is 1. The van der Waals surface area contributed by atoms with Crippen LogP contribution >= 0.6 is 0 Å². The number of hydrogen-bond acceptors (Lipinski definition) is 4. The van der Waals surface area contributed by atoms with E-state index in [0.717, 1.165) is 5.56 Å². The van der Waals surface area contributed by atoms with E-state index < -0.39 is 16.4 Å². The van der Waals surface area contributed by atoms with E-state index in [1.807, 2.05) is 13.8 Å². The first kappa shape index (κ1) is 11.4. The Morgan fingerprint density at radius 3 is 2.71 bits per heavy atom. The first-order valence-electron chi connectivity index (χ1n) is 5.10. The topological polar surface area (TPSA) is 95.5 Å². The second kappa shape index (κ2) is 3.44. The number of primary amides is 1. The Bertz CT molecular complexity index is 477. The van der Waals surface area contributed by atoms with Gasteiger partial charge in [0.2, 0.25) is 0 Å². The van der Waals surface area contributed by atoms with Crippen molar-refractivity contribution < 1.29 is 14.5 Å². The van der Waals surface area contributed by atoms with Crippen LogP contribution in [0.3, 0.4) is 0 Å². The summed E-state index contributed by atoms with van der Waals surface area (Å²) in [5.41, 5.74) is 5.05. The van der Waals surface area contributed by atoms with E-state index in [1.54, 1.807) is 0 Å². The van der Waals surface area contributed by atoms with E-state index in [2.05, 4.69) is 0 Å². The van der Waals surface area contributed by atoms with Crippen molar-refractivity contribution in [2.75, 3.05) is 0 Å². The second-order valence-electron chi connectivity index (χ2n) is 4.64. The highest BCUT2D eigenvalue weighted by molar-refractivity contribution is 5.97. The molecule has 0 atom stereocenters. The van der Waals surface area contributed by atoms with Crippen LogP contribution in [0.4, 0.5) is 5.69 Å². The summed E-state index contributed by atoms with van der Waals surface area (Å²) in [5.74, 6) is -0.331. The van der Waals surface area contributed by atoms with Crippen molar-refractivity contribution in [3.8, 4) is 5.75 Å². The molecule has 1 aliphatic rings. The van der Waals surface area contributed by atoms with E-state index in [1.165, 1.54) is 12.1 Å². The number of fused-ring (bicyclic) bond motifs is 1. The van der Waals surface area contributed by atoms with Crippen LogP contribution in [0.5, 0.6) is 5.75 Å². The standard InChI is InChI=1S/C11H12N2O4/c1-11(2)5-6-3-8(13(15)16)7(10(12)14)4-9(6)17-11/h3-4H,5H2,1-2H3,(H2,12,14). The Hall–Kier alpha value is -2.11. The SMILES string of the molecule is CC1(C)Cc2cc([N+](=O)[O-])c(C(N)=O)cc2O1. The molecule has 2 rings (SSSR count). The van der Waals surface area contributed by atoms with Crippen LogP contribution in [0.1, 0.15) is 29.8 Å². The highest BCUT2D eigenvalue weighted by Crippen LogP contribution is 2.38. The molecule has 2 N–H and O–H groups in total. The number of carbonyl (C=O) groups excluding carboxylic acids is 1. The van der Waals surface area contributed by atoms with E-state index in [4.69, 9.17) is 10.5 Å². The van der Waals surface area contributed by atoms with Gasteiger partial charge in [-0.15, -0.1) is 0 Å². The quantitative estimate of drug-likeness (QED) is 0.620. The van der Waals surface area contributed by atoms with Gasteiger partial charge in [-0.05, 0) is 13.8 Å². The number of rotatable bonds is 2. The number of ether oxygens (including phenoxy) is 1. The van der Waals surface area contributed by atoms with Gasteiger partial charge in [0.15, 0.2) is 0 Å². The van der Waals surface area contributed by atoms with Gasteiger partial charge in [-0.3, -0.25) is 14.9 Å². The molecule has 0 aromatic heterocycles. The summed E-state index contributed by atoms with van der Waals surface area (Å²) < 4.78 is 5.59. The number of nitro groups is 1. The lowest BCUT2D eigenvalue weighted by Crippen LogP contribution is -2.24. The molecule has 17 heavy (non-hydrogen) atoms. The number of hydrogen-bond donors (Lipinski definition) is 1. The molecule has 1 aliphatic heterocycles. The molecule has 1 heterocycles. The van der Waals surface area contributed by atoms with Gasteiger partial charge in [-0.2, -0.15) is 0 Å². The number of nitro benzene ring substituents is 1. The molecule has 1 aromatic carbocycles. The zero-order valence-electron chi connectivity index (χ0n) is 9.52. The van der Waals surface area contributed by atoms with Crippen molar-refractivity contribution in [2.45, 2.75) is 25.9 Å². The lowest BCUT2D eigenvalue weighted by molar-refractivity contribution is -0.385. The van der Waals surface area contributed by atoms with Gasteiger partial charge in [0.1, 0.15) is 16.9 Å². The minimum absolute atomic E-state index is 0.119. The number of benzene rings is 1. The molecule has 1 aromatic rings. The third-order valence-electron chi connectivity index (χ3n) is 2.64. The summed E-state index contributed by atoms with van der Waals surface area (Å²) in [6.07, 6.45) is 0.572. The smallest absolute Gasteiger partial charge is 0.282 e. The average Bonchev–Trinajstić information content (AvgIpc) is 2.48. The van der Waals surface area contributed by atoms with Crippen molar-refractivity contribution in [2.24, 2.45) is 5.73 Å². The highest BCUT2D eigenvalue weighted by atomic mass is 16.6. The van der Waals surface area contributed by atoms with Gasteiger partial charge in [0.05, 0.1) is 4.92 Å². The van der Waals surface area contributed by atoms with Crippen molar-refractivity contribution in [3.63, 3.8) is 0 Å². The van der Waals surface area contributed by atoms with Crippen LogP contribution in [0.2, 0.25) is 0 Å². The monoisotopic (exact) mass is 236 g/mol. The lowest BCUT2D eigenvalue weighted by atomic mass is 10.00. The largest absolute Gasteiger partial charge is 0.487 e. The Morgan fingerprint density at radius 2 is 2.18 bits per heavy atom. The fraction of sp³-hybridized carbons (Fsp3) is 0.364. The molecule has 1 amide bonds. The summed E-state index contributed by atoms with van der Waals surface area (Å²) in [6, 6.07) is 2.72.